The van der Waals surface area contributed by atoms with Crippen molar-refractivity contribution in [3.63, 3.8) is 0 Å². The lowest BCUT2D eigenvalue weighted by molar-refractivity contribution is -0.155. The normalized spacial score (nSPS) is 11.6. The van der Waals surface area contributed by atoms with Crippen LogP contribution in [-0.4, -0.2) is 35.2 Å². The van der Waals surface area contributed by atoms with Crippen LogP contribution in [0.4, 0.5) is 17.1 Å². The van der Waals surface area contributed by atoms with Gasteiger partial charge in [0.15, 0.2) is 5.69 Å². The molecule has 0 amide bonds. The van der Waals surface area contributed by atoms with Crippen molar-refractivity contribution in [3.8, 4) is 0 Å². The second-order valence-electron chi connectivity index (χ2n) is 7.10. The average molecular weight is 373 g/mol. The number of carbonyl (C=O) groups is 1. The van der Waals surface area contributed by atoms with Gasteiger partial charge in [-0.1, -0.05) is 0 Å². The Balaban J connectivity index is 2.23. The highest BCUT2D eigenvalue weighted by Gasteiger charge is 2.17. The smallest absolute Gasteiger partial charge is 0.328 e. The van der Waals surface area contributed by atoms with Gasteiger partial charge in [-0.05, 0) is 45.0 Å². The van der Waals surface area contributed by atoms with E-state index in [0.29, 0.717) is 5.69 Å². The minimum atomic E-state index is -0.722. The molecule has 0 bridgehead atoms. The highest BCUT2D eigenvalue weighted by molar-refractivity contribution is 5.69. The number of nitrogens with one attached hydrogen (secondary N) is 1. The van der Waals surface area contributed by atoms with Crippen molar-refractivity contribution in [1.82, 2.24) is 9.55 Å². The number of aromatic nitrogens is 2. The van der Waals surface area contributed by atoms with Crippen LogP contribution < -0.4 is 16.1 Å². The van der Waals surface area contributed by atoms with Crippen LogP contribution in [0.3, 0.4) is 0 Å². The lowest BCUT2D eigenvalue weighted by Crippen LogP contribution is -2.34. The predicted molar refractivity (Wildman–Crippen MR) is 102 cm³/mol. The molecule has 0 radical (unpaired) electrons. The molecule has 0 aliphatic carbocycles. The Labute approximate surface area is 156 Å². The standard InChI is InChI=1S/C18H23N5O4/c1-18(2,3)27-15(24)11-23-10-14(16(25)19-17(23)26)21-20-12-6-8-13(9-7-12)22(4)5/h6-10H,11H2,1-5H3,(H,19,25,26). The molecular weight excluding hydrogens is 350 g/mol. The summed E-state index contributed by atoms with van der Waals surface area (Å²) >= 11 is 0. The number of carbonyl (C=O) groups excluding carboxylic acids is 1. The highest BCUT2D eigenvalue weighted by atomic mass is 16.6. The van der Waals surface area contributed by atoms with E-state index in [1.165, 1.54) is 6.20 Å². The van der Waals surface area contributed by atoms with Gasteiger partial charge in [0, 0.05) is 26.0 Å². The Hall–Kier alpha value is -3.23. The van der Waals surface area contributed by atoms with Crippen molar-refractivity contribution < 1.29 is 9.53 Å². The number of ether oxygens (including phenoxy) is 1. The lowest BCUT2D eigenvalue weighted by Gasteiger charge is -2.19. The van der Waals surface area contributed by atoms with E-state index in [4.69, 9.17) is 4.74 Å². The van der Waals surface area contributed by atoms with Gasteiger partial charge in [0.1, 0.15) is 12.1 Å². The van der Waals surface area contributed by atoms with Crippen molar-refractivity contribution in [1.29, 1.82) is 0 Å². The Kier molecular flexibility index (Phi) is 5.94. The Bertz CT molecular complexity index is 949. The summed E-state index contributed by atoms with van der Waals surface area (Å²) in [5, 5.41) is 7.89. The van der Waals surface area contributed by atoms with E-state index in [1.54, 1.807) is 32.9 Å². The fourth-order valence-corrected chi connectivity index (χ4v) is 2.13. The molecule has 144 valence electrons. The maximum absolute atomic E-state index is 11.9. The quantitative estimate of drug-likeness (QED) is 0.639. The first-order valence-electron chi connectivity index (χ1n) is 8.30. The zero-order valence-corrected chi connectivity index (χ0v) is 16.0. The molecule has 0 spiro atoms. The van der Waals surface area contributed by atoms with E-state index < -0.39 is 22.8 Å². The van der Waals surface area contributed by atoms with E-state index in [0.717, 1.165) is 10.3 Å². The van der Waals surface area contributed by atoms with E-state index in [2.05, 4.69) is 15.2 Å². The zero-order chi connectivity index (χ0) is 20.2. The van der Waals surface area contributed by atoms with Crippen molar-refractivity contribution in [2.75, 3.05) is 19.0 Å². The SMILES string of the molecule is CN(C)c1ccc(N=Nc2cn(CC(=O)OC(C)(C)C)c(=O)[nH]c2=O)cc1. The summed E-state index contributed by atoms with van der Waals surface area (Å²) in [6, 6.07) is 7.23. The number of hydrogen-bond donors (Lipinski definition) is 1. The van der Waals surface area contributed by atoms with Crippen molar-refractivity contribution >= 4 is 23.0 Å². The first kappa shape index (κ1) is 20.1. The first-order chi connectivity index (χ1) is 12.5. The second-order valence-corrected chi connectivity index (χ2v) is 7.10. The Morgan fingerprint density at radius 3 is 2.33 bits per heavy atom. The molecule has 1 aromatic carbocycles. The second kappa shape index (κ2) is 7.98. The summed E-state index contributed by atoms with van der Waals surface area (Å²) in [7, 11) is 3.84. The van der Waals surface area contributed by atoms with Gasteiger partial charge >= 0.3 is 11.7 Å². The summed E-state index contributed by atoms with van der Waals surface area (Å²) < 4.78 is 6.20. The van der Waals surface area contributed by atoms with Crippen LogP contribution in [-0.2, 0) is 16.1 Å². The third-order valence-electron chi connectivity index (χ3n) is 3.35. The number of esters is 1. The maximum Gasteiger partial charge on any atom is 0.328 e. The van der Waals surface area contributed by atoms with Gasteiger partial charge < -0.3 is 9.64 Å². The average Bonchev–Trinajstić information content (AvgIpc) is 2.55. The topological polar surface area (TPSA) is 109 Å². The van der Waals surface area contributed by atoms with Gasteiger partial charge in [-0.3, -0.25) is 19.1 Å². The van der Waals surface area contributed by atoms with Gasteiger partial charge in [-0.2, -0.15) is 5.11 Å². The van der Waals surface area contributed by atoms with Gasteiger partial charge in [-0.25, -0.2) is 4.79 Å². The number of nitrogens with zero attached hydrogens (tertiary/aromatic N) is 4. The minimum Gasteiger partial charge on any atom is -0.459 e. The molecule has 1 aromatic heterocycles. The summed E-state index contributed by atoms with van der Waals surface area (Å²) in [5.41, 5.74) is -0.629. The third-order valence-corrected chi connectivity index (χ3v) is 3.35. The molecule has 0 aliphatic heterocycles. The molecule has 0 saturated heterocycles. The Morgan fingerprint density at radius 2 is 1.78 bits per heavy atom. The molecule has 0 fully saturated rings. The van der Waals surface area contributed by atoms with Crippen LogP contribution in [0.2, 0.25) is 0 Å². The Morgan fingerprint density at radius 1 is 1.15 bits per heavy atom. The largest absolute Gasteiger partial charge is 0.459 e. The van der Waals surface area contributed by atoms with Crippen LogP contribution in [0.15, 0.2) is 50.3 Å². The van der Waals surface area contributed by atoms with Gasteiger partial charge in [0.2, 0.25) is 0 Å². The van der Waals surface area contributed by atoms with E-state index in [9.17, 15) is 14.4 Å². The first-order valence-corrected chi connectivity index (χ1v) is 8.30. The number of anilines is 1. The van der Waals surface area contributed by atoms with Crippen molar-refractivity contribution in [2.45, 2.75) is 32.9 Å². The molecule has 9 nitrogen and oxygen atoms in total. The summed E-state index contributed by atoms with van der Waals surface area (Å²) in [6.07, 6.45) is 1.18. The summed E-state index contributed by atoms with van der Waals surface area (Å²) in [4.78, 5) is 39.8. The lowest BCUT2D eigenvalue weighted by atomic mass is 10.2. The predicted octanol–water partition coefficient (Wildman–Crippen LogP) is 2.36. The monoisotopic (exact) mass is 373 g/mol. The highest BCUT2D eigenvalue weighted by Crippen LogP contribution is 2.19. The van der Waals surface area contributed by atoms with Gasteiger partial charge in [0.05, 0.1) is 5.69 Å². The molecule has 1 heterocycles. The molecule has 9 heteroatoms. The van der Waals surface area contributed by atoms with Crippen LogP contribution in [0.25, 0.3) is 0 Å². The summed E-state index contributed by atoms with van der Waals surface area (Å²) in [6.45, 7) is 4.83. The number of hydrogen-bond acceptors (Lipinski definition) is 7. The molecule has 0 aliphatic rings. The maximum atomic E-state index is 11.9. The molecule has 0 saturated carbocycles. The molecule has 1 N–H and O–H groups in total. The third kappa shape index (κ3) is 5.91. The van der Waals surface area contributed by atoms with Crippen molar-refractivity contribution in [2.24, 2.45) is 10.2 Å². The van der Waals surface area contributed by atoms with Gasteiger partial charge in [-0.15, -0.1) is 5.11 Å². The molecule has 2 aromatic rings. The zero-order valence-electron chi connectivity index (χ0n) is 16.0. The number of H-pyrrole nitrogens is 1. The molecule has 2 rings (SSSR count). The van der Waals surface area contributed by atoms with E-state index in [1.807, 2.05) is 31.1 Å². The van der Waals surface area contributed by atoms with E-state index >= 15 is 0 Å². The molecule has 0 atom stereocenters. The number of azo groups is 1. The molecular formula is C18H23N5O4. The molecule has 27 heavy (non-hydrogen) atoms. The summed E-state index contributed by atoms with van der Waals surface area (Å²) in [5.74, 6) is -0.598. The number of benzene rings is 1. The minimum absolute atomic E-state index is 0.0881. The number of rotatable bonds is 5. The van der Waals surface area contributed by atoms with Crippen molar-refractivity contribution in [3.05, 3.63) is 51.3 Å². The number of aromatic amines is 1. The van der Waals surface area contributed by atoms with Crippen LogP contribution >= 0.6 is 0 Å². The van der Waals surface area contributed by atoms with Gasteiger partial charge in [0.25, 0.3) is 5.56 Å². The fourth-order valence-electron chi connectivity index (χ4n) is 2.13. The van der Waals surface area contributed by atoms with E-state index in [-0.39, 0.29) is 12.2 Å². The van der Waals surface area contributed by atoms with Crippen LogP contribution in [0.1, 0.15) is 20.8 Å². The van der Waals surface area contributed by atoms with Crippen LogP contribution in [0.5, 0.6) is 0 Å². The fraction of sp³-hybridized carbons (Fsp3) is 0.389. The van der Waals surface area contributed by atoms with Crippen LogP contribution in [0, 0.1) is 0 Å². The molecule has 0 unspecified atom stereocenters.